The van der Waals surface area contributed by atoms with Crippen molar-refractivity contribution in [1.82, 2.24) is 20.3 Å². The third-order valence-electron chi connectivity index (χ3n) is 5.22. The Morgan fingerprint density at radius 3 is 2.53 bits per heavy atom. The first-order valence-corrected chi connectivity index (χ1v) is 10.2. The van der Waals surface area contributed by atoms with E-state index < -0.39 is 18.7 Å². The van der Waals surface area contributed by atoms with E-state index in [1.807, 2.05) is 12.1 Å². The number of carbonyl (C=O) groups is 1. The lowest BCUT2D eigenvalue weighted by atomic mass is 10.0. The number of aliphatic hydroxyl groups is 1. The first-order valence-electron chi connectivity index (χ1n) is 10.2. The van der Waals surface area contributed by atoms with Crippen LogP contribution in [0, 0.1) is 0 Å². The molecular formula is C23H23N5O6. The highest BCUT2D eigenvalue weighted by atomic mass is 16.5. The Kier molecular flexibility index (Phi) is 6.46. The smallest absolute Gasteiger partial charge is 0.405 e. The summed E-state index contributed by atoms with van der Waals surface area (Å²) in [5, 5.41) is 22.6. The van der Waals surface area contributed by atoms with Gasteiger partial charge in [-0.2, -0.15) is 0 Å². The second-order valence-corrected chi connectivity index (χ2v) is 7.39. The molecule has 11 heteroatoms. The number of nitrogens with two attached hydrogens (primary N) is 1. The predicted octanol–water partition coefficient (Wildman–Crippen LogP) is 2.45. The quantitative estimate of drug-likeness (QED) is 0.284. The highest BCUT2D eigenvalue weighted by molar-refractivity contribution is 6.10. The monoisotopic (exact) mass is 465 g/mol. The molecule has 0 aliphatic heterocycles. The molecule has 1 aromatic carbocycles. The SMILES string of the molecule is COc1cc2ncc3c(N)nc(-c4cncc(OC[C@H](CO)NC(=O)O)c4)cc3c2cc1OC. The highest BCUT2D eigenvalue weighted by Crippen LogP contribution is 2.37. The van der Waals surface area contributed by atoms with E-state index in [0.29, 0.717) is 45.2 Å². The van der Waals surface area contributed by atoms with Gasteiger partial charge in [0.15, 0.2) is 11.5 Å². The maximum atomic E-state index is 10.8. The molecule has 1 atom stereocenters. The van der Waals surface area contributed by atoms with Crippen molar-refractivity contribution in [1.29, 1.82) is 0 Å². The maximum Gasteiger partial charge on any atom is 0.405 e. The van der Waals surface area contributed by atoms with E-state index in [4.69, 9.17) is 25.1 Å². The summed E-state index contributed by atoms with van der Waals surface area (Å²) in [5.41, 5.74) is 8.17. The Labute approximate surface area is 194 Å². The van der Waals surface area contributed by atoms with Crippen molar-refractivity contribution in [3.8, 4) is 28.5 Å². The molecule has 34 heavy (non-hydrogen) atoms. The van der Waals surface area contributed by atoms with Gasteiger partial charge in [0.1, 0.15) is 18.2 Å². The van der Waals surface area contributed by atoms with Crippen LogP contribution in [-0.4, -0.2) is 64.7 Å². The summed E-state index contributed by atoms with van der Waals surface area (Å²) in [5.74, 6) is 1.81. The fraction of sp³-hybridized carbons (Fsp3) is 0.217. The fourth-order valence-electron chi connectivity index (χ4n) is 3.56. The second kappa shape index (κ2) is 9.63. The van der Waals surface area contributed by atoms with Crippen LogP contribution in [0.15, 0.2) is 42.9 Å². The minimum Gasteiger partial charge on any atom is -0.493 e. The number of nitrogens with one attached hydrogen (secondary N) is 1. The Balaban J connectivity index is 1.74. The molecule has 0 spiro atoms. The molecule has 176 valence electrons. The number of hydrogen-bond donors (Lipinski definition) is 4. The van der Waals surface area contributed by atoms with Gasteiger partial charge in [-0.1, -0.05) is 0 Å². The molecule has 0 bridgehead atoms. The van der Waals surface area contributed by atoms with Crippen LogP contribution in [0.4, 0.5) is 10.6 Å². The van der Waals surface area contributed by atoms with Gasteiger partial charge < -0.3 is 35.5 Å². The molecule has 1 amide bonds. The summed E-state index contributed by atoms with van der Waals surface area (Å²) in [6, 6.07) is 6.45. The molecule has 5 N–H and O–H groups in total. The lowest BCUT2D eigenvalue weighted by Crippen LogP contribution is -2.40. The number of aliphatic hydroxyl groups excluding tert-OH is 1. The van der Waals surface area contributed by atoms with Crippen LogP contribution >= 0.6 is 0 Å². The number of nitrogens with zero attached hydrogens (tertiary/aromatic N) is 3. The molecule has 0 unspecified atom stereocenters. The number of pyridine rings is 3. The van der Waals surface area contributed by atoms with Gasteiger partial charge >= 0.3 is 6.09 Å². The lowest BCUT2D eigenvalue weighted by molar-refractivity contribution is 0.156. The third kappa shape index (κ3) is 4.55. The van der Waals surface area contributed by atoms with E-state index in [2.05, 4.69) is 20.3 Å². The van der Waals surface area contributed by atoms with E-state index in [1.54, 1.807) is 38.7 Å². The Bertz CT molecular complexity index is 1360. The summed E-state index contributed by atoms with van der Waals surface area (Å²) in [4.78, 5) is 24.0. The van der Waals surface area contributed by atoms with Gasteiger partial charge in [-0.05, 0) is 23.6 Å². The van der Waals surface area contributed by atoms with Crippen molar-refractivity contribution in [2.24, 2.45) is 0 Å². The van der Waals surface area contributed by atoms with Crippen LogP contribution in [0.3, 0.4) is 0 Å². The predicted molar refractivity (Wildman–Crippen MR) is 125 cm³/mol. The third-order valence-corrected chi connectivity index (χ3v) is 5.22. The normalized spacial score (nSPS) is 11.9. The van der Waals surface area contributed by atoms with Crippen LogP contribution in [0.1, 0.15) is 0 Å². The first kappa shape index (κ1) is 22.8. The molecular weight excluding hydrogens is 442 g/mol. The Hall–Kier alpha value is -4.38. The first-order chi connectivity index (χ1) is 16.4. The number of hydrogen-bond acceptors (Lipinski definition) is 9. The van der Waals surface area contributed by atoms with Gasteiger partial charge in [-0.15, -0.1) is 0 Å². The molecule has 3 aromatic heterocycles. The largest absolute Gasteiger partial charge is 0.493 e. The number of nitrogen functional groups attached to an aromatic ring is 1. The Morgan fingerprint density at radius 1 is 1.06 bits per heavy atom. The molecule has 0 aliphatic rings. The number of ether oxygens (including phenoxy) is 3. The number of anilines is 1. The van der Waals surface area contributed by atoms with Crippen LogP contribution in [0.2, 0.25) is 0 Å². The summed E-state index contributed by atoms with van der Waals surface area (Å²) < 4.78 is 16.4. The zero-order valence-corrected chi connectivity index (χ0v) is 18.5. The van der Waals surface area contributed by atoms with Gasteiger partial charge in [-0.3, -0.25) is 9.97 Å². The molecule has 11 nitrogen and oxygen atoms in total. The minimum absolute atomic E-state index is 0.0703. The van der Waals surface area contributed by atoms with Gasteiger partial charge in [0.05, 0.1) is 44.3 Å². The number of rotatable bonds is 8. The zero-order chi connectivity index (χ0) is 24.2. The second-order valence-electron chi connectivity index (χ2n) is 7.39. The molecule has 0 saturated heterocycles. The van der Waals surface area contributed by atoms with Crippen molar-refractivity contribution in [2.75, 3.05) is 33.2 Å². The lowest BCUT2D eigenvalue weighted by Gasteiger charge is -2.15. The topological polar surface area (TPSA) is 162 Å². The molecule has 0 radical (unpaired) electrons. The van der Waals surface area contributed by atoms with E-state index in [0.717, 1.165) is 10.8 Å². The van der Waals surface area contributed by atoms with Crippen LogP contribution < -0.4 is 25.3 Å². The maximum absolute atomic E-state index is 10.8. The summed E-state index contributed by atoms with van der Waals surface area (Å²) >= 11 is 0. The van der Waals surface area contributed by atoms with Gasteiger partial charge in [0.2, 0.25) is 0 Å². The van der Waals surface area contributed by atoms with Crippen molar-refractivity contribution in [2.45, 2.75) is 6.04 Å². The number of benzene rings is 1. The molecule has 3 heterocycles. The van der Waals surface area contributed by atoms with Crippen molar-refractivity contribution < 1.29 is 29.2 Å². The molecule has 4 aromatic rings. The average Bonchev–Trinajstić information content (AvgIpc) is 2.85. The molecule has 0 fully saturated rings. The average molecular weight is 465 g/mol. The number of methoxy groups -OCH3 is 2. The highest BCUT2D eigenvalue weighted by Gasteiger charge is 2.15. The number of fused-ring (bicyclic) bond motifs is 3. The summed E-state index contributed by atoms with van der Waals surface area (Å²) in [6.07, 6.45) is 3.52. The van der Waals surface area contributed by atoms with Crippen LogP contribution in [-0.2, 0) is 0 Å². The van der Waals surface area contributed by atoms with Gasteiger partial charge in [0.25, 0.3) is 0 Å². The molecule has 0 saturated carbocycles. The standard InChI is InChI=1S/C23H23N5O6/c1-32-20-5-16-15-4-18(28-22(24)17(15)9-26-19(16)6-21(20)33-2)12-3-14(8-25-7-12)34-11-13(10-29)27-23(30)31/h3-9,13,27,29H,10-11H2,1-2H3,(H2,24,28)(H,30,31)/t13-/m0/s1. The van der Waals surface area contributed by atoms with Crippen molar-refractivity contribution in [3.05, 3.63) is 42.9 Å². The number of aromatic nitrogens is 3. The number of amides is 1. The van der Waals surface area contributed by atoms with Crippen LogP contribution in [0.25, 0.3) is 32.9 Å². The fourth-order valence-corrected chi connectivity index (χ4v) is 3.56. The summed E-state index contributed by atoms with van der Waals surface area (Å²) in [6.45, 7) is -0.475. The molecule has 0 aliphatic carbocycles. The van der Waals surface area contributed by atoms with Gasteiger partial charge in [-0.25, -0.2) is 9.78 Å². The van der Waals surface area contributed by atoms with Crippen molar-refractivity contribution in [3.63, 3.8) is 0 Å². The van der Waals surface area contributed by atoms with E-state index in [-0.39, 0.29) is 6.61 Å². The van der Waals surface area contributed by atoms with E-state index in [9.17, 15) is 9.90 Å². The van der Waals surface area contributed by atoms with Crippen molar-refractivity contribution >= 4 is 33.6 Å². The molecule has 4 rings (SSSR count). The minimum atomic E-state index is -1.25. The van der Waals surface area contributed by atoms with E-state index in [1.165, 1.54) is 6.20 Å². The van der Waals surface area contributed by atoms with Crippen LogP contribution in [0.5, 0.6) is 17.2 Å². The number of carboxylic acid groups (broad SMARTS) is 1. The van der Waals surface area contributed by atoms with E-state index >= 15 is 0 Å². The van der Waals surface area contributed by atoms with Gasteiger partial charge in [0, 0.05) is 34.8 Å². The summed E-state index contributed by atoms with van der Waals surface area (Å²) in [7, 11) is 3.13. The Morgan fingerprint density at radius 2 is 1.82 bits per heavy atom. The zero-order valence-electron chi connectivity index (χ0n) is 18.5.